The summed E-state index contributed by atoms with van der Waals surface area (Å²) < 4.78 is 7.22. The van der Waals surface area contributed by atoms with Crippen molar-refractivity contribution >= 4 is 65.7 Å². The summed E-state index contributed by atoms with van der Waals surface area (Å²) >= 11 is 9.29. The van der Waals surface area contributed by atoms with Gasteiger partial charge in [-0.25, -0.2) is 9.97 Å². The average molecular weight is 447 g/mol. The van der Waals surface area contributed by atoms with Crippen LogP contribution < -0.4 is 9.64 Å². The fourth-order valence-corrected chi connectivity index (χ4v) is 4.95. The second-order valence-corrected chi connectivity index (χ2v) is 8.99. The van der Waals surface area contributed by atoms with Gasteiger partial charge in [0.2, 0.25) is 0 Å². The average Bonchev–Trinajstić information content (AvgIpc) is 3.35. The molecule has 0 aliphatic rings. The summed E-state index contributed by atoms with van der Waals surface area (Å²) in [4.78, 5) is 26.2. The van der Waals surface area contributed by atoms with Gasteiger partial charge >= 0.3 is 0 Å². The summed E-state index contributed by atoms with van der Waals surface area (Å²) in [5.74, 6) is 0.536. The molecule has 0 saturated heterocycles. The highest BCUT2D eigenvalue weighted by atomic mass is 35.5. The number of carbonyl (C=O) groups excluding carboxylic acids is 1. The van der Waals surface area contributed by atoms with E-state index in [1.807, 2.05) is 37.2 Å². The Kier molecular flexibility index (Phi) is 5.69. The van der Waals surface area contributed by atoms with Crippen molar-refractivity contribution in [2.75, 3.05) is 39.2 Å². The normalized spacial score (nSPS) is 11.5. The molecule has 0 aliphatic heterocycles. The van der Waals surface area contributed by atoms with E-state index in [2.05, 4.69) is 4.98 Å². The minimum Gasteiger partial charge on any atom is -0.494 e. The molecule has 29 heavy (non-hydrogen) atoms. The first-order valence-electron chi connectivity index (χ1n) is 8.91. The molecule has 0 spiro atoms. The van der Waals surface area contributed by atoms with Gasteiger partial charge < -0.3 is 9.64 Å². The van der Waals surface area contributed by atoms with Crippen LogP contribution in [0.4, 0.5) is 5.13 Å². The van der Waals surface area contributed by atoms with Crippen LogP contribution in [0.25, 0.3) is 20.4 Å². The number of hydrogen-bond donors (Lipinski definition) is 0. The molecule has 6 nitrogen and oxygen atoms in total. The fourth-order valence-electron chi connectivity index (χ4n) is 2.95. The molecular weight excluding hydrogens is 428 g/mol. The number of carbonyl (C=O) groups is 1. The predicted molar refractivity (Wildman–Crippen MR) is 121 cm³/mol. The van der Waals surface area contributed by atoms with Crippen molar-refractivity contribution in [3.8, 4) is 5.75 Å². The van der Waals surface area contributed by atoms with E-state index in [1.165, 1.54) is 22.7 Å². The second-order valence-electron chi connectivity index (χ2n) is 6.72. The van der Waals surface area contributed by atoms with Crippen LogP contribution in [0.2, 0.25) is 5.02 Å². The van der Waals surface area contributed by atoms with E-state index < -0.39 is 0 Å². The number of rotatable bonds is 6. The molecule has 0 atom stereocenters. The minimum atomic E-state index is -0.101. The standard InChI is InChI=1S/C20H19ClN4O2S2/c1-24(2)8-9-25(19(26)12-4-6-14-16(10-12)28-11-22-14)20-23-17-15(27-3)7-5-13(21)18(17)29-20/h4-7,10-11H,8-9H2,1-3H3. The molecule has 0 fully saturated rings. The molecule has 0 bridgehead atoms. The lowest BCUT2D eigenvalue weighted by molar-refractivity contribution is 0.0985. The fraction of sp³-hybridized carbons (Fsp3) is 0.250. The van der Waals surface area contributed by atoms with Crippen LogP contribution in [0.15, 0.2) is 35.8 Å². The van der Waals surface area contributed by atoms with Gasteiger partial charge in [-0.2, -0.15) is 0 Å². The summed E-state index contributed by atoms with van der Waals surface area (Å²) in [7, 11) is 5.55. The van der Waals surface area contributed by atoms with E-state index >= 15 is 0 Å². The quantitative estimate of drug-likeness (QED) is 0.426. The summed E-state index contributed by atoms with van der Waals surface area (Å²) in [5.41, 5.74) is 3.95. The molecule has 0 unspecified atom stereocenters. The number of amides is 1. The van der Waals surface area contributed by atoms with Crippen LogP contribution in [-0.2, 0) is 0 Å². The summed E-state index contributed by atoms with van der Waals surface area (Å²) in [6.07, 6.45) is 0. The van der Waals surface area contributed by atoms with Gasteiger partial charge in [0.1, 0.15) is 11.3 Å². The maximum atomic E-state index is 13.4. The van der Waals surface area contributed by atoms with Gasteiger partial charge in [0.25, 0.3) is 5.91 Å². The van der Waals surface area contributed by atoms with Crippen molar-refractivity contribution < 1.29 is 9.53 Å². The van der Waals surface area contributed by atoms with Crippen LogP contribution in [-0.4, -0.2) is 55.1 Å². The Bertz CT molecular complexity index is 1190. The molecule has 0 aliphatic carbocycles. The van der Waals surface area contributed by atoms with Crippen molar-refractivity contribution in [2.24, 2.45) is 0 Å². The number of nitrogens with zero attached hydrogens (tertiary/aromatic N) is 4. The van der Waals surface area contributed by atoms with Crippen molar-refractivity contribution in [1.82, 2.24) is 14.9 Å². The van der Waals surface area contributed by atoms with Gasteiger partial charge in [0, 0.05) is 18.7 Å². The van der Waals surface area contributed by atoms with Crippen molar-refractivity contribution in [3.05, 3.63) is 46.4 Å². The largest absolute Gasteiger partial charge is 0.494 e. The van der Waals surface area contributed by atoms with Gasteiger partial charge in [-0.1, -0.05) is 22.9 Å². The molecule has 1 amide bonds. The molecule has 2 aromatic carbocycles. The topological polar surface area (TPSA) is 58.6 Å². The molecule has 0 radical (unpaired) electrons. The first-order chi connectivity index (χ1) is 14.0. The lowest BCUT2D eigenvalue weighted by atomic mass is 10.2. The molecule has 2 heterocycles. The lowest BCUT2D eigenvalue weighted by Gasteiger charge is -2.22. The number of likely N-dealkylation sites (N-methyl/N-ethyl adjacent to an activating group) is 1. The van der Waals surface area contributed by atoms with Crippen LogP contribution in [0.5, 0.6) is 5.75 Å². The zero-order valence-electron chi connectivity index (χ0n) is 16.2. The van der Waals surface area contributed by atoms with Gasteiger partial charge in [-0.15, -0.1) is 11.3 Å². The summed E-state index contributed by atoms with van der Waals surface area (Å²) in [6.45, 7) is 1.21. The minimum absolute atomic E-state index is 0.101. The third kappa shape index (κ3) is 3.93. The predicted octanol–water partition coefficient (Wildman–Crippen LogP) is 4.78. The van der Waals surface area contributed by atoms with Crippen LogP contribution in [0.3, 0.4) is 0 Å². The van der Waals surface area contributed by atoms with E-state index in [0.717, 1.165) is 14.9 Å². The number of fused-ring (bicyclic) bond motifs is 2. The van der Waals surface area contributed by atoms with E-state index in [0.29, 0.717) is 40.1 Å². The number of methoxy groups -OCH3 is 1. The Balaban J connectivity index is 1.78. The SMILES string of the molecule is COc1ccc(Cl)c2sc(N(CCN(C)C)C(=O)c3ccc4ncsc4c3)nc12. The molecule has 4 aromatic rings. The Morgan fingerprint density at radius 1 is 1.21 bits per heavy atom. The Labute approximate surface area is 181 Å². The number of aromatic nitrogens is 2. The van der Waals surface area contributed by atoms with E-state index in [9.17, 15) is 4.79 Å². The highest BCUT2D eigenvalue weighted by Crippen LogP contribution is 2.39. The number of ether oxygens (including phenoxy) is 1. The number of benzene rings is 2. The summed E-state index contributed by atoms with van der Waals surface area (Å²) in [5, 5.41) is 1.19. The number of thiazole rings is 2. The first-order valence-corrected chi connectivity index (χ1v) is 11.0. The zero-order valence-corrected chi connectivity index (χ0v) is 18.6. The number of halogens is 1. The second kappa shape index (κ2) is 8.23. The third-order valence-corrected chi connectivity index (χ3v) is 6.82. The van der Waals surface area contributed by atoms with Gasteiger partial charge in [0.05, 0.1) is 32.6 Å². The smallest absolute Gasteiger partial charge is 0.260 e. The molecule has 4 rings (SSSR count). The molecule has 9 heteroatoms. The van der Waals surface area contributed by atoms with Crippen LogP contribution in [0, 0.1) is 0 Å². The summed E-state index contributed by atoms with van der Waals surface area (Å²) in [6, 6.07) is 9.15. The number of hydrogen-bond acceptors (Lipinski definition) is 7. The molecule has 0 N–H and O–H groups in total. The molecule has 2 aromatic heterocycles. The van der Waals surface area contributed by atoms with E-state index in [-0.39, 0.29) is 5.91 Å². The number of anilines is 1. The maximum absolute atomic E-state index is 13.4. The maximum Gasteiger partial charge on any atom is 0.260 e. The monoisotopic (exact) mass is 446 g/mol. The van der Waals surface area contributed by atoms with Crippen molar-refractivity contribution in [1.29, 1.82) is 0 Å². The molecule has 150 valence electrons. The van der Waals surface area contributed by atoms with Gasteiger partial charge in [-0.3, -0.25) is 9.69 Å². The zero-order chi connectivity index (χ0) is 20.5. The molecule has 0 saturated carbocycles. The Morgan fingerprint density at radius 3 is 2.79 bits per heavy atom. The van der Waals surface area contributed by atoms with Gasteiger partial charge in [0.15, 0.2) is 5.13 Å². The first kappa shape index (κ1) is 20.0. The molecular formula is C20H19ClN4O2S2. The van der Waals surface area contributed by atoms with Crippen LogP contribution >= 0.6 is 34.3 Å². The Morgan fingerprint density at radius 2 is 2.03 bits per heavy atom. The third-order valence-electron chi connectivity index (χ3n) is 4.49. The van der Waals surface area contributed by atoms with E-state index in [1.54, 1.807) is 29.7 Å². The van der Waals surface area contributed by atoms with Crippen LogP contribution in [0.1, 0.15) is 10.4 Å². The van der Waals surface area contributed by atoms with E-state index in [4.69, 9.17) is 21.3 Å². The lowest BCUT2D eigenvalue weighted by Crippen LogP contribution is -2.36. The Hall–Kier alpha value is -2.26. The highest BCUT2D eigenvalue weighted by molar-refractivity contribution is 7.23. The van der Waals surface area contributed by atoms with Crippen molar-refractivity contribution in [2.45, 2.75) is 0 Å². The van der Waals surface area contributed by atoms with Gasteiger partial charge in [-0.05, 0) is 44.4 Å². The van der Waals surface area contributed by atoms with Crippen molar-refractivity contribution in [3.63, 3.8) is 0 Å². The highest BCUT2D eigenvalue weighted by Gasteiger charge is 2.23.